The first kappa shape index (κ1) is 12.5. The molecule has 0 radical (unpaired) electrons. The number of carbonyl (C=O) groups is 1. The lowest BCUT2D eigenvalue weighted by Crippen LogP contribution is -2.29. The summed E-state index contributed by atoms with van der Waals surface area (Å²) < 4.78 is 11.1. The quantitative estimate of drug-likeness (QED) is 0.788. The van der Waals surface area contributed by atoms with Crippen LogP contribution in [0.25, 0.3) is 5.57 Å². The van der Waals surface area contributed by atoms with Gasteiger partial charge < -0.3 is 19.5 Å². The maximum atomic E-state index is 13.0. The fraction of sp³-hybridized carbons (Fsp3) is 0.471. The number of hydrogen-bond donors (Lipinski definition) is 1. The summed E-state index contributed by atoms with van der Waals surface area (Å²) in [4.78, 5) is 15.3. The van der Waals surface area contributed by atoms with Gasteiger partial charge in [-0.15, -0.1) is 0 Å². The van der Waals surface area contributed by atoms with Gasteiger partial charge in [-0.2, -0.15) is 0 Å². The molecule has 114 valence electrons. The number of hydrogen-bond acceptors (Lipinski definition) is 5. The molecule has 0 spiro atoms. The minimum atomic E-state index is -1.53. The summed E-state index contributed by atoms with van der Waals surface area (Å²) in [5.41, 5.74) is 2.88. The Morgan fingerprint density at radius 3 is 3.00 bits per heavy atom. The van der Waals surface area contributed by atoms with E-state index in [0.717, 1.165) is 49.2 Å². The Bertz CT molecular complexity index is 762. The van der Waals surface area contributed by atoms with E-state index < -0.39 is 5.60 Å². The zero-order valence-corrected chi connectivity index (χ0v) is 12.4. The summed E-state index contributed by atoms with van der Waals surface area (Å²) in [6, 6.07) is 1.98. The largest absolute Gasteiger partial charge is 0.454 e. The van der Waals surface area contributed by atoms with Crippen LogP contribution >= 0.6 is 0 Å². The molecule has 0 amide bonds. The van der Waals surface area contributed by atoms with Crippen molar-refractivity contribution in [2.24, 2.45) is 0 Å². The SMILES string of the molecule is C[C@]1(O)C(=O)C2=C3CCCN3CCc3cc4c(c1c32)OCO4. The molecular formula is C17H17NO4. The highest BCUT2D eigenvalue weighted by Crippen LogP contribution is 2.54. The second-order valence-electron chi connectivity index (χ2n) is 6.58. The molecule has 22 heavy (non-hydrogen) atoms. The van der Waals surface area contributed by atoms with Gasteiger partial charge in [-0.1, -0.05) is 0 Å². The van der Waals surface area contributed by atoms with Crippen molar-refractivity contribution in [3.05, 3.63) is 28.5 Å². The van der Waals surface area contributed by atoms with Crippen LogP contribution in [-0.4, -0.2) is 35.7 Å². The lowest BCUT2D eigenvalue weighted by molar-refractivity contribution is -0.129. The molecule has 5 nitrogen and oxygen atoms in total. The summed E-state index contributed by atoms with van der Waals surface area (Å²) in [6.07, 6.45) is 2.84. The molecule has 1 saturated heterocycles. The van der Waals surface area contributed by atoms with Gasteiger partial charge in [0.1, 0.15) is 0 Å². The topological polar surface area (TPSA) is 59.0 Å². The van der Waals surface area contributed by atoms with Gasteiger partial charge in [0.2, 0.25) is 12.6 Å². The number of aliphatic hydroxyl groups is 1. The van der Waals surface area contributed by atoms with E-state index in [-0.39, 0.29) is 12.6 Å². The van der Waals surface area contributed by atoms with E-state index in [1.165, 1.54) is 0 Å². The average molecular weight is 299 g/mol. The Balaban J connectivity index is 1.91. The molecule has 0 aromatic heterocycles. The molecule has 1 aromatic carbocycles. The van der Waals surface area contributed by atoms with Gasteiger partial charge in [-0.05, 0) is 37.8 Å². The molecule has 1 aliphatic carbocycles. The van der Waals surface area contributed by atoms with Crippen LogP contribution in [-0.2, 0) is 16.8 Å². The Hall–Kier alpha value is -2.01. The smallest absolute Gasteiger partial charge is 0.231 e. The van der Waals surface area contributed by atoms with Crippen molar-refractivity contribution >= 4 is 11.4 Å². The van der Waals surface area contributed by atoms with Gasteiger partial charge in [-0.3, -0.25) is 4.79 Å². The lowest BCUT2D eigenvalue weighted by atomic mass is 9.93. The van der Waals surface area contributed by atoms with E-state index in [4.69, 9.17) is 9.47 Å². The van der Waals surface area contributed by atoms with E-state index in [1.807, 2.05) is 6.07 Å². The molecule has 5 heteroatoms. The first-order valence-corrected chi connectivity index (χ1v) is 7.80. The first-order chi connectivity index (χ1) is 10.6. The van der Waals surface area contributed by atoms with E-state index in [0.29, 0.717) is 22.6 Å². The molecule has 1 N–H and O–H groups in total. The fourth-order valence-corrected chi connectivity index (χ4v) is 4.30. The third kappa shape index (κ3) is 1.31. The highest BCUT2D eigenvalue weighted by Gasteiger charge is 2.51. The summed E-state index contributed by atoms with van der Waals surface area (Å²) in [7, 11) is 0. The van der Waals surface area contributed by atoms with Crippen LogP contribution in [0.4, 0.5) is 0 Å². The van der Waals surface area contributed by atoms with E-state index in [2.05, 4.69) is 4.90 Å². The molecule has 5 rings (SSSR count). The summed E-state index contributed by atoms with van der Waals surface area (Å²) in [5.74, 6) is 0.991. The number of fused-ring (bicyclic) bond motifs is 3. The summed E-state index contributed by atoms with van der Waals surface area (Å²) >= 11 is 0. The Labute approximate surface area is 128 Å². The summed E-state index contributed by atoms with van der Waals surface area (Å²) in [6.45, 7) is 3.63. The number of carbonyl (C=O) groups excluding carboxylic acids is 1. The molecule has 0 bridgehead atoms. The molecule has 1 fully saturated rings. The molecule has 0 unspecified atom stereocenters. The number of allylic oxidation sites excluding steroid dienone is 1. The molecule has 3 aliphatic heterocycles. The van der Waals surface area contributed by atoms with Crippen LogP contribution < -0.4 is 9.47 Å². The standard InChI is InChI=1S/C17H17NO4/c1-17(20)14-12-9(7-11-15(14)22-8-21-11)4-6-18-5-2-3-10(18)13(12)16(17)19/h7,20H,2-6,8H2,1H3/t17-/m1/s1. The van der Waals surface area contributed by atoms with E-state index >= 15 is 0 Å². The minimum Gasteiger partial charge on any atom is -0.454 e. The number of rotatable bonds is 0. The number of ether oxygens (including phenoxy) is 2. The Kier molecular flexibility index (Phi) is 2.19. The van der Waals surface area contributed by atoms with Crippen LogP contribution in [0.15, 0.2) is 11.8 Å². The van der Waals surface area contributed by atoms with Crippen LogP contribution in [0.3, 0.4) is 0 Å². The normalized spacial score (nSPS) is 28.1. The number of Topliss-reactive ketones (excluding diaryl/α,β-unsaturated/α-hetero) is 1. The Morgan fingerprint density at radius 1 is 1.27 bits per heavy atom. The zero-order valence-electron chi connectivity index (χ0n) is 12.4. The maximum Gasteiger partial charge on any atom is 0.231 e. The first-order valence-electron chi connectivity index (χ1n) is 7.80. The fourth-order valence-electron chi connectivity index (χ4n) is 4.30. The van der Waals surface area contributed by atoms with Gasteiger partial charge in [0.15, 0.2) is 17.1 Å². The van der Waals surface area contributed by atoms with E-state index in [9.17, 15) is 9.90 Å². The highest BCUT2D eigenvalue weighted by molar-refractivity contribution is 6.30. The van der Waals surface area contributed by atoms with Crippen LogP contribution in [0.2, 0.25) is 0 Å². The van der Waals surface area contributed by atoms with Gasteiger partial charge in [-0.25, -0.2) is 0 Å². The van der Waals surface area contributed by atoms with Crippen molar-refractivity contribution < 1.29 is 19.4 Å². The van der Waals surface area contributed by atoms with Crippen LogP contribution in [0.1, 0.15) is 36.5 Å². The van der Waals surface area contributed by atoms with Crippen molar-refractivity contribution in [2.45, 2.75) is 31.8 Å². The molecule has 3 heterocycles. The molecule has 4 aliphatic rings. The zero-order chi connectivity index (χ0) is 15.1. The number of nitrogens with zero attached hydrogens (tertiary/aromatic N) is 1. The van der Waals surface area contributed by atoms with Gasteiger partial charge in [0.25, 0.3) is 0 Å². The number of ketones is 1. The van der Waals surface area contributed by atoms with Crippen molar-refractivity contribution in [3.8, 4) is 11.5 Å². The third-order valence-electron chi connectivity index (χ3n) is 5.31. The van der Waals surface area contributed by atoms with Gasteiger partial charge >= 0.3 is 0 Å². The predicted molar refractivity (Wildman–Crippen MR) is 78.6 cm³/mol. The monoisotopic (exact) mass is 299 g/mol. The van der Waals surface area contributed by atoms with Crippen molar-refractivity contribution in [1.29, 1.82) is 0 Å². The van der Waals surface area contributed by atoms with Crippen molar-refractivity contribution in [2.75, 3.05) is 19.9 Å². The Morgan fingerprint density at radius 2 is 2.14 bits per heavy atom. The van der Waals surface area contributed by atoms with Crippen molar-refractivity contribution in [1.82, 2.24) is 4.90 Å². The second-order valence-corrected chi connectivity index (χ2v) is 6.58. The number of benzene rings is 1. The average Bonchev–Trinajstić information content (AvgIpc) is 3.14. The molecule has 1 atom stereocenters. The van der Waals surface area contributed by atoms with Crippen molar-refractivity contribution in [3.63, 3.8) is 0 Å². The second kappa shape index (κ2) is 3.84. The molecular weight excluding hydrogens is 282 g/mol. The maximum absolute atomic E-state index is 13.0. The summed E-state index contributed by atoms with van der Waals surface area (Å²) in [5, 5.41) is 10.9. The lowest BCUT2D eigenvalue weighted by Gasteiger charge is -2.21. The van der Waals surface area contributed by atoms with Crippen LogP contribution in [0, 0.1) is 0 Å². The van der Waals surface area contributed by atoms with Crippen LogP contribution in [0.5, 0.6) is 11.5 Å². The predicted octanol–water partition coefficient (Wildman–Crippen LogP) is 1.57. The molecule has 1 aromatic rings. The molecule has 0 saturated carbocycles. The highest BCUT2D eigenvalue weighted by atomic mass is 16.7. The van der Waals surface area contributed by atoms with Gasteiger partial charge in [0, 0.05) is 35.5 Å². The third-order valence-corrected chi connectivity index (χ3v) is 5.31. The van der Waals surface area contributed by atoms with Gasteiger partial charge in [0.05, 0.1) is 0 Å². The van der Waals surface area contributed by atoms with E-state index in [1.54, 1.807) is 6.92 Å². The minimum absolute atomic E-state index is 0.146.